The number of nitrogens with zero attached hydrogens (tertiary/aromatic N) is 1. The van der Waals surface area contributed by atoms with E-state index in [1.807, 2.05) is 31.2 Å². The molecule has 0 aromatic heterocycles. The van der Waals surface area contributed by atoms with Crippen molar-refractivity contribution in [1.82, 2.24) is 9.03 Å². The van der Waals surface area contributed by atoms with Crippen molar-refractivity contribution in [3.8, 4) is 0 Å². The first-order valence-corrected chi connectivity index (χ1v) is 8.39. The number of hydrogen-bond donors (Lipinski definition) is 2. The van der Waals surface area contributed by atoms with Crippen LogP contribution >= 0.6 is 0 Å². The van der Waals surface area contributed by atoms with Crippen molar-refractivity contribution < 1.29 is 18.3 Å². The maximum absolute atomic E-state index is 12.3. The molecule has 116 valence electrons. The molecule has 1 aliphatic heterocycles. The second-order valence-electron chi connectivity index (χ2n) is 5.28. The second kappa shape index (κ2) is 6.55. The molecule has 1 saturated heterocycles. The lowest BCUT2D eigenvalue weighted by molar-refractivity contribution is -0.142. The van der Waals surface area contributed by atoms with Crippen LogP contribution in [-0.2, 0) is 21.5 Å². The lowest BCUT2D eigenvalue weighted by Gasteiger charge is -2.31. The van der Waals surface area contributed by atoms with Gasteiger partial charge in [0.1, 0.15) is 6.04 Å². The van der Waals surface area contributed by atoms with E-state index in [4.69, 9.17) is 5.11 Å². The molecule has 2 N–H and O–H groups in total. The highest BCUT2D eigenvalue weighted by Crippen LogP contribution is 2.20. The molecule has 1 aromatic carbocycles. The van der Waals surface area contributed by atoms with E-state index in [9.17, 15) is 13.2 Å². The van der Waals surface area contributed by atoms with Gasteiger partial charge in [0, 0.05) is 13.1 Å². The van der Waals surface area contributed by atoms with E-state index in [1.165, 1.54) is 0 Å². The lowest BCUT2D eigenvalue weighted by atomic mass is 10.1. The summed E-state index contributed by atoms with van der Waals surface area (Å²) < 4.78 is 28.2. The van der Waals surface area contributed by atoms with E-state index < -0.39 is 22.2 Å². The molecule has 6 nitrogen and oxygen atoms in total. The van der Waals surface area contributed by atoms with Gasteiger partial charge in [-0.15, -0.1) is 0 Å². The Balaban J connectivity index is 2.08. The Kier molecular flexibility index (Phi) is 4.97. The van der Waals surface area contributed by atoms with E-state index in [2.05, 4.69) is 4.72 Å². The van der Waals surface area contributed by atoms with Crippen LogP contribution in [-0.4, -0.2) is 36.4 Å². The summed E-state index contributed by atoms with van der Waals surface area (Å²) in [6.07, 6.45) is 1.79. The lowest BCUT2D eigenvalue weighted by Crippen LogP contribution is -2.51. The molecule has 1 aliphatic rings. The number of aryl methyl sites for hydroxylation is 1. The molecule has 2 rings (SSSR count). The minimum Gasteiger partial charge on any atom is -0.480 e. The maximum atomic E-state index is 12.3. The molecule has 0 amide bonds. The average Bonchev–Trinajstić information content (AvgIpc) is 2.45. The SMILES string of the molecule is Cc1cccc(CNS(=O)(=O)N2CCCCC2C(=O)O)c1. The minimum absolute atomic E-state index is 0.160. The molecule has 21 heavy (non-hydrogen) atoms. The number of hydrogen-bond acceptors (Lipinski definition) is 3. The fraction of sp³-hybridized carbons (Fsp3) is 0.500. The van der Waals surface area contributed by atoms with Gasteiger partial charge in [0.25, 0.3) is 10.2 Å². The molecule has 0 aliphatic carbocycles. The molecule has 0 radical (unpaired) electrons. The molecular weight excluding hydrogens is 292 g/mol. The predicted molar refractivity (Wildman–Crippen MR) is 78.9 cm³/mol. The van der Waals surface area contributed by atoms with Gasteiger partial charge in [-0.3, -0.25) is 4.79 Å². The van der Waals surface area contributed by atoms with Crippen LogP contribution in [0.3, 0.4) is 0 Å². The largest absolute Gasteiger partial charge is 0.480 e. The molecule has 0 spiro atoms. The number of carbonyl (C=O) groups is 1. The van der Waals surface area contributed by atoms with E-state index >= 15 is 0 Å². The van der Waals surface area contributed by atoms with Crippen molar-refractivity contribution in [3.63, 3.8) is 0 Å². The smallest absolute Gasteiger partial charge is 0.322 e. The van der Waals surface area contributed by atoms with Crippen molar-refractivity contribution in [3.05, 3.63) is 35.4 Å². The first-order valence-electron chi connectivity index (χ1n) is 6.95. The summed E-state index contributed by atoms with van der Waals surface area (Å²) in [5.41, 5.74) is 1.90. The summed E-state index contributed by atoms with van der Waals surface area (Å²) in [6.45, 7) is 2.34. The fourth-order valence-corrected chi connectivity index (χ4v) is 3.93. The monoisotopic (exact) mass is 312 g/mol. The van der Waals surface area contributed by atoms with Gasteiger partial charge in [-0.1, -0.05) is 29.8 Å². The highest BCUT2D eigenvalue weighted by molar-refractivity contribution is 7.87. The van der Waals surface area contributed by atoms with Crippen LogP contribution in [0.15, 0.2) is 24.3 Å². The zero-order valence-corrected chi connectivity index (χ0v) is 12.8. The zero-order chi connectivity index (χ0) is 15.5. The predicted octanol–water partition coefficient (Wildman–Crippen LogP) is 1.27. The zero-order valence-electron chi connectivity index (χ0n) is 11.9. The van der Waals surface area contributed by atoms with Crippen molar-refractivity contribution in [2.24, 2.45) is 0 Å². The Hall–Kier alpha value is -1.44. The summed E-state index contributed by atoms with van der Waals surface area (Å²) >= 11 is 0. The Morgan fingerprint density at radius 3 is 2.86 bits per heavy atom. The number of carboxylic acids is 1. The summed E-state index contributed by atoms with van der Waals surface area (Å²) in [6, 6.07) is 6.56. The van der Waals surface area contributed by atoms with Gasteiger partial charge in [0.2, 0.25) is 0 Å². The van der Waals surface area contributed by atoms with Crippen LogP contribution in [0.5, 0.6) is 0 Å². The summed E-state index contributed by atoms with van der Waals surface area (Å²) in [5.74, 6) is -1.09. The normalized spacial score (nSPS) is 20.3. The fourth-order valence-electron chi connectivity index (χ4n) is 2.52. The Morgan fingerprint density at radius 1 is 1.43 bits per heavy atom. The van der Waals surface area contributed by atoms with Crippen LogP contribution in [0.4, 0.5) is 0 Å². The van der Waals surface area contributed by atoms with Crippen molar-refractivity contribution in [1.29, 1.82) is 0 Å². The Bertz CT molecular complexity index is 615. The minimum atomic E-state index is -3.79. The highest BCUT2D eigenvalue weighted by atomic mass is 32.2. The third-order valence-electron chi connectivity index (χ3n) is 3.59. The van der Waals surface area contributed by atoms with Gasteiger partial charge < -0.3 is 5.11 Å². The third-order valence-corrected chi connectivity index (χ3v) is 5.15. The van der Waals surface area contributed by atoms with Crippen LogP contribution in [0, 0.1) is 6.92 Å². The first-order chi connectivity index (χ1) is 9.90. The van der Waals surface area contributed by atoms with Gasteiger partial charge in [-0.2, -0.15) is 17.4 Å². The van der Waals surface area contributed by atoms with Crippen LogP contribution in [0.2, 0.25) is 0 Å². The summed E-state index contributed by atoms with van der Waals surface area (Å²) in [5, 5.41) is 9.16. The number of benzene rings is 1. The van der Waals surface area contributed by atoms with Gasteiger partial charge >= 0.3 is 5.97 Å². The molecule has 7 heteroatoms. The van der Waals surface area contributed by atoms with Gasteiger partial charge in [-0.05, 0) is 31.7 Å². The van der Waals surface area contributed by atoms with Crippen molar-refractivity contribution in [2.45, 2.75) is 38.8 Å². The van der Waals surface area contributed by atoms with E-state index in [0.717, 1.165) is 21.9 Å². The number of carboxylic acid groups (broad SMARTS) is 1. The number of nitrogens with one attached hydrogen (secondary N) is 1. The second-order valence-corrected chi connectivity index (χ2v) is 6.98. The number of aliphatic carboxylic acids is 1. The van der Waals surface area contributed by atoms with Crippen LogP contribution in [0.1, 0.15) is 30.4 Å². The molecule has 0 saturated carbocycles. The third kappa shape index (κ3) is 4.03. The molecule has 1 heterocycles. The average molecular weight is 312 g/mol. The molecule has 1 unspecified atom stereocenters. The molecular formula is C14H20N2O4S. The standard InChI is InChI=1S/C14H20N2O4S/c1-11-5-4-6-12(9-11)10-15-21(19,20)16-8-3-2-7-13(16)14(17)18/h4-6,9,13,15H,2-3,7-8,10H2,1H3,(H,17,18). The van der Waals surface area contributed by atoms with Crippen LogP contribution in [0.25, 0.3) is 0 Å². The van der Waals surface area contributed by atoms with Gasteiger partial charge in [-0.25, -0.2) is 0 Å². The summed E-state index contributed by atoms with van der Waals surface area (Å²) in [4.78, 5) is 11.2. The van der Waals surface area contributed by atoms with Gasteiger partial charge in [0.05, 0.1) is 0 Å². The van der Waals surface area contributed by atoms with E-state index in [-0.39, 0.29) is 13.1 Å². The number of rotatable bonds is 5. The van der Waals surface area contributed by atoms with Crippen LogP contribution < -0.4 is 4.72 Å². The maximum Gasteiger partial charge on any atom is 0.322 e. The van der Waals surface area contributed by atoms with E-state index in [0.29, 0.717) is 12.8 Å². The molecule has 0 bridgehead atoms. The number of piperidine rings is 1. The summed E-state index contributed by atoms with van der Waals surface area (Å²) in [7, 11) is -3.79. The Morgan fingerprint density at radius 2 is 2.19 bits per heavy atom. The van der Waals surface area contributed by atoms with Crippen molar-refractivity contribution >= 4 is 16.2 Å². The topological polar surface area (TPSA) is 86.7 Å². The molecule has 1 atom stereocenters. The molecule has 1 aromatic rings. The van der Waals surface area contributed by atoms with Gasteiger partial charge in [0.15, 0.2) is 0 Å². The van der Waals surface area contributed by atoms with Crippen molar-refractivity contribution in [2.75, 3.05) is 6.54 Å². The Labute approximate surface area is 125 Å². The molecule has 1 fully saturated rings. The van der Waals surface area contributed by atoms with E-state index in [1.54, 1.807) is 0 Å². The first kappa shape index (κ1) is 15.9. The highest BCUT2D eigenvalue weighted by Gasteiger charge is 2.36. The quantitative estimate of drug-likeness (QED) is 0.857.